The van der Waals surface area contributed by atoms with Crippen LogP contribution in [0.15, 0.2) is 0 Å². The molecule has 2 amide bonds. The maximum Gasteiger partial charge on any atom is 0.324 e. The lowest BCUT2D eigenvalue weighted by atomic mass is 10.00. The van der Waals surface area contributed by atoms with Crippen molar-refractivity contribution in [3.8, 4) is 0 Å². The molecule has 0 saturated carbocycles. The Bertz CT molecular complexity index is 912. The van der Waals surface area contributed by atoms with E-state index in [0.29, 0.717) is 37.6 Å². The maximum absolute atomic E-state index is 13.0. The quantitative estimate of drug-likeness (QED) is 0.436. The van der Waals surface area contributed by atoms with Gasteiger partial charge in [-0.2, -0.15) is 0 Å². The largest absolute Gasteiger partial charge is 0.468 e. The van der Waals surface area contributed by atoms with Crippen LogP contribution in [0.5, 0.6) is 0 Å². The summed E-state index contributed by atoms with van der Waals surface area (Å²) in [5.74, 6) is 0.741. The summed E-state index contributed by atoms with van der Waals surface area (Å²) < 4.78 is 10.4. The number of nitrogens with zero attached hydrogens (tertiary/aromatic N) is 2. The highest BCUT2D eigenvalue weighted by molar-refractivity contribution is 8.01. The zero-order chi connectivity index (χ0) is 27.5. The number of ether oxygens (including phenoxy) is 2. The zero-order valence-corrected chi connectivity index (χ0v) is 24.6. The fourth-order valence-electron chi connectivity index (χ4n) is 5.74. The molecule has 0 bridgehead atoms. The number of nitrogens with one attached hydrogen (secondary N) is 2. The van der Waals surface area contributed by atoms with Gasteiger partial charge in [0.25, 0.3) is 0 Å². The van der Waals surface area contributed by atoms with E-state index in [4.69, 9.17) is 9.47 Å². The summed E-state index contributed by atoms with van der Waals surface area (Å²) in [6.07, 6.45) is 3.88. The van der Waals surface area contributed by atoms with Gasteiger partial charge in [-0.3, -0.25) is 29.8 Å². The van der Waals surface area contributed by atoms with Crippen molar-refractivity contribution in [1.29, 1.82) is 0 Å². The minimum atomic E-state index is -0.399. The van der Waals surface area contributed by atoms with Crippen molar-refractivity contribution >= 4 is 47.3 Å². The molecule has 4 aliphatic rings. The average Bonchev–Trinajstić information content (AvgIpc) is 3.52. The molecule has 2 spiro atoms. The van der Waals surface area contributed by atoms with Crippen LogP contribution in [-0.4, -0.2) is 107 Å². The van der Waals surface area contributed by atoms with Crippen molar-refractivity contribution in [1.82, 2.24) is 20.4 Å². The summed E-state index contributed by atoms with van der Waals surface area (Å²) >= 11 is 3.45. The summed E-state index contributed by atoms with van der Waals surface area (Å²) in [5, 5.41) is 6.88. The number of amides is 2. The van der Waals surface area contributed by atoms with Gasteiger partial charge in [-0.1, -0.05) is 20.8 Å². The molecular weight excluding hydrogens is 528 g/mol. The Morgan fingerprint density at radius 2 is 1.50 bits per heavy atom. The monoisotopic (exact) mass is 570 g/mol. The summed E-state index contributed by atoms with van der Waals surface area (Å²) in [5.41, 5.74) is 0. The van der Waals surface area contributed by atoms with E-state index in [-0.39, 0.29) is 58.0 Å². The molecule has 4 saturated heterocycles. The first-order valence-corrected chi connectivity index (χ1v) is 15.7. The van der Waals surface area contributed by atoms with Crippen LogP contribution < -0.4 is 10.6 Å². The van der Waals surface area contributed by atoms with Crippen LogP contribution >= 0.6 is 23.5 Å². The second kappa shape index (κ2) is 12.3. The number of thioether (sulfide) groups is 2. The minimum Gasteiger partial charge on any atom is -0.468 e. The van der Waals surface area contributed by atoms with Gasteiger partial charge in [0.15, 0.2) is 0 Å². The Morgan fingerprint density at radius 3 is 2.16 bits per heavy atom. The first kappa shape index (κ1) is 29.5. The molecular formula is C26H42N4O6S2. The van der Waals surface area contributed by atoms with E-state index < -0.39 is 6.04 Å². The predicted octanol–water partition coefficient (Wildman–Crippen LogP) is 1.43. The Labute approximate surface area is 234 Å². The first-order valence-electron chi connectivity index (χ1n) is 13.7. The lowest BCUT2D eigenvalue weighted by Gasteiger charge is -2.40. The third-order valence-electron chi connectivity index (χ3n) is 8.06. The van der Waals surface area contributed by atoms with Gasteiger partial charge in [0, 0.05) is 49.5 Å². The number of carbonyl (C=O) groups is 4. The van der Waals surface area contributed by atoms with Gasteiger partial charge in [0.1, 0.15) is 12.1 Å². The smallest absolute Gasteiger partial charge is 0.324 e. The number of likely N-dealkylation sites (tertiary alicyclic amines) is 2. The second-order valence-corrected chi connectivity index (χ2v) is 14.0. The summed E-state index contributed by atoms with van der Waals surface area (Å²) in [6.45, 7) is 8.58. The van der Waals surface area contributed by atoms with E-state index in [2.05, 4.69) is 10.6 Å². The fourth-order valence-corrected chi connectivity index (χ4v) is 8.61. The van der Waals surface area contributed by atoms with Crippen LogP contribution in [-0.2, 0) is 28.7 Å². The standard InChI is InChI=1S/C26H42N4O6S2/c1-17(2)21(31)30-10-5-7-26(16-30)28-20(15-38-26)24(34)36-13-6-18(3)22(32)29-11-8-25(9-12-29)27-19(14-37-25)23(33)35-4/h17-20,27-28H,5-16H2,1-4H3/t18?,19-,20-,26?/m0/s1. The lowest BCUT2D eigenvalue weighted by Crippen LogP contribution is -2.57. The molecule has 0 aliphatic carbocycles. The molecule has 4 rings (SSSR count). The van der Waals surface area contributed by atoms with Crippen LogP contribution in [0.3, 0.4) is 0 Å². The Balaban J connectivity index is 1.17. The molecule has 2 unspecified atom stereocenters. The van der Waals surface area contributed by atoms with Crippen molar-refractivity contribution in [2.24, 2.45) is 11.8 Å². The Morgan fingerprint density at radius 1 is 0.868 bits per heavy atom. The SMILES string of the molecule is COC(=O)[C@@H]1CSC2(CCN(C(=O)C(C)CCOC(=O)[C@@H]3CSC4(CCCN(C(=O)C(C)C)C4)N3)CC2)N1. The van der Waals surface area contributed by atoms with Crippen LogP contribution in [0.2, 0.25) is 0 Å². The fraction of sp³-hybridized carbons (Fsp3) is 0.846. The number of piperidine rings is 2. The molecule has 0 radical (unpaired) electrons. The maximum atomic E-state index is 13.0. The Kier molecular flexibility index (Phi) is 9.58. The van der Waals surface area contributed by atoms with Crippen molar-refractivity contribution in [2.75, 3.05) is 51.4 Å². The number of carbonyl (C=O) groups excluding carboxylic acids is 4. The third kappa shape index (κ3) is 6.62. The van der Waals surface area contributed by atoms with Crippen molar-refractivity contribution < 1.29 is 28.7 Å². The van der Waals surface area contributed by atoms with E-state index in [1.165, 1.54) is 7.11 Å². The minimum absolute atomic E-state index is 0.0368. The number of hydrogen-bond donors (Lipinski definition) is 2. The van der Waals surface area contributed by atoms with Gasteiger partial charge in [0.05, 0.1) is 23.5 Å². The van der Waals surface area contributed by atoms with Gasteiger partial charge in [-0.15, -0.1) is 23.5 Å². The molecule has 4 aliphatic heterocycles. The average molecular weight is 571 g/mol. The van der Waals surface area contributed by atoms with E-state index in [1.807, 2.05) is 30.6 Å². The normalized spacial score (nSPS) is 29.6. The number of esters is 2. The number of rotatable bonds is 7. The third-order valence-corrected chi connectivity index (χ3v) is 11.1. The van der Waals surface area contributed by atoms with Crippen LogP contribution in [0.25, 0.3) is 0 Å². The molecule has 4 fully saturated rings. The number of methoxy groups -OCH3 is 1. The predicted molar refractivity (Wildman–Crippen MR) is 147 cm³/mol. The summed E-state index contributed by atoms with van der Waals surface area (Å²) in [7, 11) is 1.40. The van der Waals surface area contributed by atoms with Crippen molar-refractivity contribution in [3.05, 3.63) is 0 Å². The van der Waals surface area contributed by atoms with Crippen molar-refractivity contribution in [3.63, 3.8) is 0 Å². The zero-order valence-electron chi connectivity index (χ0n) is 23.0. The van der Waals surface area contributed by atoms with Gasteiger partial charge < -0.3 is 19.3 Å². The molecule has 214 valence electrons. The molecule has 0 aromatic heterocycles. The lowest BCUT2D eigenvalue weighted by molar-refractivity contribution is -0.147. The van der Waals surface area contributed by atoms with E-state index in [0.717, 1.165) is 32.2 Å². The topological polar surface area (TPSA) is 117 Å². The molecule has 0 aromatic carbocycles. The summed E-state index contributed by atoms with van der Waals surface area (Å²) in [4.78, 5) is 53.5. The molecule has 2 N–H and O–H groups in total. The number of hydrogen-bond acceptors (Lipinski definition) is 10. The molecule has 10 nitrogen and oxygen atoms in total. The van der Waals surface area contributed by atoms with Crippen LogP contribution in [0, 0.1) is 11.8 Å². The van der Waals surface area contributed by atoms with Gasteiger partial charge in [-0.25, -0.2) is 0 Å². The highest BCUT2D eigenvalue weighted by Gasteiger charge is 2.47. The second-order valence-electron chi connectivity index (χ2n) is 11.2. The molecule has 4 atom stereocenters. The van der Waals surface area contributed by atoms with Gasteiger partial charge in [-0.05, 0) is 32.1 Å². The molecule has 38 heavy (non-hydrogen) atoms. The van der Waals surface area contributed by atoms with E-state index in [1.54, 1.807) is 23.5 Å². The van der Waals surface area contributed by atoms with E-state index in [9.17, 15) is 19.2 Å². The highest BCUT2D eigenvalue weighted by atomic mass is 32.2. The van der Waals surface area contributed by atoms with Crippen LogP contribution in [0.1, 0.15) is 52.9 Å². The van der Waals surface area contributed by atoms with E-state index >= 15 is 0 Å². The summed E-state index contributed by atoms with van der Waals surface area (Å²) in [6, 6.07) is -0.688. The van der Waals surface area contributed by atoms with Crippen LogP contribution in [0.4, 0.5) is 0 Å². The van der Waals surface area contributed by atoms with Gasteiger partial charge in [0.2, 0.25) is 11.8 Å². The first-order chi connectivity index (χ1) is 18.1. The Hall–Kier alpha value is -1.50. The molecule has 0 aromatic rings. The van der Waals surface area contributed by atoms with Crippen molar-refractivity contribution in [2.45, 2.75) is 74.7 Å². The molecule has 12 heteroatoms. The van der Waals surface area contributed by atoms with Gasteiger partial charge >= 0.3 is 11.9 Å². The molecule has 4 heterocycles. The highest BCUT2D eigenvalue weighted by Crippen LogP contribution is 2.40.